The molecule has 2 heteroatoms. The highest BCUT2D eigenvalue weighted by Gasteiger charge is 2.23. The van der Waals surface area contributed by atoms with Gasteiger partial charge in [0.05, 0.1) is 6.04 Å². The second kappa shape index (κ2) is 4.15. The minimum Gasteiger partial charge on any atom is -0.290 e. The second-order valence-electron chi connectivity index (χ2n) is 3.27. The van der Waals surface area contributed by atoms with E-state index in [4.69, 9.17) is 0 Å². The average Bonchev–Trinajstić information content (AvgIpc) is 1.94. The Balaban J connectivity index is 2.16. The molecule has 1 aliphatic rings. The molecular weight excluding hydrogens is 154 g/mol. The van der Waals surface area contributed by atoms with Crippen molar-refractivity contribution in [1.82, 2.24) is 0 Å². The van der Waals surface area contributed by atoms with E-state index in [2.05, 4.69) is 25.8 Å². The van der Waals surface area contributed by atoms with Gasteiger partial charge in [0.25, 0.3) is 0 Å². The Bertz CT molecular complexity index is 154. The Morgan fingerprint density at radius 1 is 1.73 bits per heavy atom. The van der Waals surface area contributed by atoms with Crippen molar-refractivity contribution in [3.05, 3.63) is 0 Å². The monoisotopic (exact) mass is 171 g/mol. The highest BCUT2D eigenvalue weighted by atomic mass is 32.2. The van der Waals surface area contributed by atoms with Gasteiger partial charge < -0.3 is 0 Å². The van der Waals surface area contributed by atoms with Crippen molar-refractivity contribution in [3.8, 4) is 0 Å². The summed E-state index contributed by atoms with van der Waals surface area (Å²) in [6.45, 7) is 6.64. The topological polar surface area (TPSA) is 12.4 Å². The van der Waals surface area contributed by atoms with Crippen LogP contribution in [0.1, 0.15) is 27.2 Å². The Morgan fingerprint density at radius 3 is 2.82 bits per heavy atom. The number of aliphatic imine (C=N–C) groups is 1. The summed E-state index contributed by atoms with van der Waals surface area (Å²) in [5.74, 6) is 3.29. The maximum absolute atomic E-state index is 4.48. The molecule has 0 aromatic carbocycles. The van der Waals surface area contributed by atoms with Crippen molar-refractivity contribution in [2.75, 3.05) is 11.5 Å². The van der Waals surface area contributed by atoms with Gasteiger partial charge in [0.15, 0.2) is 0 Å². The van der Waals surface area contributed by atoms with Gasteiger partial charge in [-0.05, 0) is 24.3 Å². The standard InChI is InChI=1S/C9H17NS/c1-4-11-6-7(2)9-5-8(3)10-9/h7,9H,4-6H2,1-3H3. The quantitative estimate of drug-likeness (QED) is 0.633. The zero-order chi connectivity index (χ0) is 8.27. The maximum Gasteiger partial charge on any atom is 0.0584 e. The molecule has 0 aromatic rings. The molecule has 0 saturated carbocycles. The predicted octanol–water partition coefficient (Wildman–Crippen LogP) is 2.61. The molecular formula is C9H17NS. The first kappa shape index (κ1) is 9.11. The summed E-state index contributed by atoms with van der Waals surface area (Å²) in [6.07, 6.45) is 1.24. The first-order chi connectivity index (χ1) is 5.24. The fraction of sp³-hybridized carbons (Fsp3) is 0.889. The molecule has 64 valence electrons. The van der Waals surface area contributed by atoms with Crippen LogP contribution in [-0.2, 0) is 0 Å². The normalized spacial score (nSPS) is 25.7. The van der Waals surface area contributed by atoms with E-state index in [0.29, 0.717) is 6.04 Å². The molecule has 0 bridgehead atoms. The molecule has 1 rings (SSSR count). The zero-order valence-corrected chi connectivity index (χ0v) is 8.45. The van der Waals surface area contributed by atoms with Gasteiger partial charge in [-0.25, -0.2) is 0 Å². The van der Waals surface area contributed by atoms with Crippen LogP contribution in [0.3, 0.4) is 0 Å². The molecule has 0 spiro atoms. The van der Waals surface area contributed by atoms with Crippen LogP contribution >= 0.6 is 11.8 Å². The van der Waals surface area contributed by atoms with E-state index in [1.54, 1.807) is 0 Å². The van der Waals surface area contributed by atoms with Crippen molar-refractivity contribution < 1.29 is 0 Å². The minimum atomic E-state index is 0.647. The van der Waals surface area contributed by atoms with E-state index in [-0.39, 0.29) is 0 Å². The first-order valence-electron chi connectivity index (χ1n) is 4.35. The molecule has 0 aliphatic carbocycles. The molecule has 0 aromatic heterocycles. The van der Waals surface area contributed by atoms with E-state index < -0.39 is 0 Å². The van der Waals surface area contributed by atoms with E-state index in [0.717, 1.165) is 5.92 Å². The fourth-order valence-corrected chi connectivity index (χ4v) is 2.14. The third-order valence-corrected chi connectivity index (χ3v) is 3.30. The van der Waals surface area contributed by atoms with Gasteiger partial charge in [0.1, 0.15) is 0 Å². The van der Waals surface area contributed by atoms with Gasteiger partial charge in [-0.15, -0.1) is 0 Å². The van der Waals surface area contributed by atoms with E-state index in [9.17, 15) is 0 Å². The predicted molar refractivity (Wildman–Crippen MR) is 53.7 cm³/mol. The largest absolute Gasteiger partial charge is 0.290 e. The molecule has 0 fully saturated rings. The Labute approximate surface area is 73.7 Å². The highest BCUT2D eigenvalue weighted by Crippen LogP contribution is 2.23. The van der Waals surface area contributed by atoms with E-state index in [1.807, 2.05) is 11.8 Å². The number of thioether (sulfide) groups is 1. The van der Waals surface area contributed by atoms with Crippen molar-refractivity contribution in [2.24, 2.45) is 10.9 Å². The number of nitrogens with zero attached hydrogens (tertiary/aromatic N) is 1. The summed E-state index contributed by atoms with van der Waals surface area (Å²) in [5, 5.41) is 0. The maximum atomic E-state index is 4.48. The van der Waals surface area contributed by atoms with Gasteiger partial charge in [0, 0.05) is 12.1 Å². The summed E-state index contributed by atoms with van der Waals surface area (Å²) >= 11 is 2.03. The van der Waals surface area contributed by atoms with Crippen LogP contribution < -0.4 is 0 Å². The first-order valence-corrected chi connectivity index (χ1v) is 5.50. The summed E-state index contributed by atoms with van der Waals surface area (Å²) in [6, 6.07) is 0.647. The molecule has 1 aliphatic heterocycles. The van der Waals surface area contributed by atoms with Gasteiger partial charge in [-0.2, -0.15) is 11.8 Å². The van der Waals surface area contributed by atoms with Crippen LogP contribution in [0, 0.1) is 5.92 Å². The van der Waals surface area contributed by atoms with Gasteiger partial charge in [-0.3, -0.25) is 4.99 Å². The van der Waals surface area contributed by atoms with Gasteiger partial charge in [0.2, 0.25) is 0 Å². The summed E-state index contributed by atoms with van der Waals surface area (Å²) in [7, 11) is 0. The summed E-state index contributed by atoms with van der Waals surface area (Å²) in [5.41, 5.74) is 1.34. The molecule has 1 heterocycles. The lowest BCUT2D eigenvalue weighted by molar-refractivity contribution is 0.483. The Morgan fingerprint density at radius 2 is 2.36 bits per heavy atom. The Hall–Kier alpha value is 0.0200. The van der Waals surface area contributed by atoms with E-state index in [1.165, 1.54) is 23.6 Å². The average molecular weight is 171 g/mol. The van der Waals surface area contributed by atoms with Crippen LogP contribution in [0.2, 0.25) is 0 Å². The fourth-order valence-electron chi connectivity index (χ4n) is 1.31. The van der Waals surface area contributed by atoms with Crippen molar-refractivity contribution in [3.63, 3.8) is 0 Å². The summed E-state index contributed by atoms with van der Waals surface area (Å²) < 4.78 is 0. The molecule has 0 saturated heterocycles. The van der Waals surface area contributed by atoms with Crippen LogP contribution in [0.5, 0.6) is 0 Å². The third-order valence-electron chi connectivity index (χ3n) is 2.13. The lowest BCUT2D eigenvalue weighted by Gasteiger charge is -2.27. The molecule has 0 amide bonds. The number of rotatable bonds is 4. The van der Waals surface area contributed by atoms with Gasteiger partial charge >= 0.3 is 0 Å². The van der Waals surface area contributed by atoms with Crippen molar-refractivity contribution in [1.29, 1.82) is 0 Å². The van der Waals surface area contributed by atoms with Crippen LogP contribution in [0.25, 0.3) is 0 Å². The van der Waals surface area contributed by atoms with Crippen LogP contribution in [0.4, 0.5) is 0 Å². The Kier molecular flexibility index (Phi) is 3.44. The number of hydrogen-bond acceptors (Lipinski definition) is 2. The third kappa shape index (κ3) is 2.51. The summed E-state index contributed by atoms with van der Waals surface area (Å²) in [4.78, 5) is 4.48. The molecule has 11 heavy (non-hydrogen) atoms. The lowest BCUT2D eigenvalue weighted by atomic mass is 9.94. The molecule has 2 unspecified atom stereocenters. The molecule has 1 nitrogen and oxygen atoms in total. The zero-order valence-electron chi connectivity index (χ0n) is 7.63. The van der Waals surface area contributed by atoms with Crippen molar-refractivity contribution >= 4 is 17.5 Å². The SMILES string of the molecule is CCSCC(C)C1CC(C)=N1. The number of hydrogen-bond donors (Lipinski definition) is 0. The van der Waals surface area contributed by atoms with E-state index >= 15 is 0 Å². The van der Waals surface area contributed by atoms with Gasteiger partial charge in [-0.1, -0.05) is 13.8 Å². The van der Waals surface area contributed by atoms with Crippen LogP contribution in [0.15, 0.2) is 4.99 Å². The molecule has 2 atom stereocenters. The lowest BCUT2D eigenvalue weighted by Crippen LogP contribution is -2.29. The second-order valence-corrected chi connectivity index (χ2v) is 4.59. The highest BCUT2D eigenvalue weighted by molar-refractivity contribution is 7.99. The minimum absolute atomic E-state index is 0.647. The smallest absolute Gasteiger partial charge is 0.0584 e. The van der Waals surface area contributed by atoms with Crippen LogP contribution in [-0.4, -0.2) is 23.3 Å². The molecule has 0 N–H and O–H groups in total. The molecule has 0 radical (unpaired) electrons. The van der Waals surface area contributed by atoms with Crippen molar-refractivity contribution in [2.45, 2.75) is 33.2 Å².